The minimum absolute atomic E-state index is 0.0675. The number of aromatic amines is 1. The van der Waals surface area contributed by atoms with E-state index < -0.39 is 17.5 Å². The monoisotopic (exact) mass is 252 g/mol. The fourth-order valence-electron chi connectivity index (χ4n) is 2.03. The number of hydrogen-bond acceptors (Lipinski definition) is 4. The van der Waals surface area contributed by atoms with E-state index in [4.69, 9.17) is 9.84 Å². The van der Waals surface area contributed by atoms with Crippen molar-refractivity contribution in [2.24, 2.45) is 0 Å². The second-order valence-corrected chi connectivity index (χ2v) is 4.46. The van der Waals surface area contributed by atoms with Crippen LogP contribution >= 0.6 is 0 Å². The maximum atomic E-state index is 11.7. The molecule has 1 fully saturated rings. The molecule has 0 bridgehead atoms. The Morgan fingerprint density at radius 2 is 2.33 bits per heavy atom. The van der Waals surface area contributed by atoms with E-state index in [-0.39, 0.29) is 12.7 Å². The summed E-state index contributed by atoms with van der Waals surface area (Å²) in [4.78, 5) is 25.5. The molecule has 1 unspecified atom stereocenters. The molecule has 1 aromatic rings. The molecule has 6 heteroatoms. The Bertz CT molecular complexity index is 572. The highest BCUT2D eigenvalue weighted by molar-refractivity contribution is 5.59. The van der Waals surface area contributed by atoms with E-state index in [0.717, 1.165) is 0 Å². The maximum Gasteiger partial charge on any atom is 0.330 e. The largest absolute Gasteiger partial charge is 0.394 e. The van der Waals surface area contributed by atoms with Gasteiger partial charge < -0.3 is 9.84 Å². The summed E-state index contributed by atoms with van der Waals surface area (Å²) in [5, 5.41) is 9.00. The van der Waals surface area contributed by atoms with Crippen molar-refractivity contribution in [3.63, 3.8) is 0 Å². The standard InChI is InChI=1S/C12H16N2O4/c1-7(2)9-5-14(12(17)13-11(9)16)10-4-3-8(6-15)18-10/h5,8,10,15H,1,3-4,6H2,2H3,(H,13,16,17)/t8?,10-/m1/s1. The van der Waals surface area contributed by atoms with Crippen LogP contribution in [-0.4, -0.2) is 27.4 Å². The van der Waals surface area contributed by atoms with Gasteiger partial charge in [-0.05, 0) is 25.3 Å². The van der Waals surface area contributed by atoms with E-state index in [1.807, 2.05) is 0 Å². The molecule has 0 amide bonds. The van der Waals surface area contributed by atoms with Gasteiger partial charge in [0.25, 0.3) is 5.56 Å². The van der Waals surface area contributed by atoms with Crippen molar-refractivity contribution in [3.8, 4) is 0 Å². The summed E-state index contributed by atoms with van der Waals surface area (Å²) in [7, 11) is 0. The van der Waals surface area contributed by atoms with Gasteiger partial charge in [0.15, 0.2) is 0 Å². The van der Waals surface area contributed by atoms with Crippen LogP contribution in [-0.2, 0) is 4.74 Å². The number of allylic oxidation sites excluding steroid dienone is 1. The first-order chi connectivity index (χ1) is 8.52. The first kappa shape index (κ1) is 12.8. The van der Waals surface area contributed by atoms with Gasteiger partial charge >= 0.3 is 5.69 Å². The first-order valence-electron chi connectivity index (χ1n) is 5.80. The van der Waals surface area contributed by atoms with E-state index in [9.17, 15) is 9.59 Å². The molecule has 98 valence electrons. The molecule has 1 aliphatic rings. The molecule has 0 spiro atoms. The number of nitrogens with zero attached hydrogens (tertiary/aromatic N) is 1. The molecule has 0 radical (unpaired) electrons. The van der Waals surface area contributed by atoms with Gasteiger partial charge in [-0.1, -0.05) is 6.58 Å². The zero-order valence-corrected chi connectivity index (χ0v) is 10.2. The van der Waals surface area contributed by atoms with Gasteiger partial charge in [0.1, 0.15) is 6.23 Å². The predicted octanol–water partition coefficient (Wildman–Crippen LogP) is 0.240. The zero-order chi connectivity index (χ0) is 13.3. The van der Waals surface area contributed by atoms with Crippen molar-refractivity contribution in [2.75, 3.05) is 6.61 Å². The predicted molar refractivity (Wildman–Crippen MR) is 66.3 cm³/mol. The van der Waals surface area contributed by atoms with E-state index in [0.29, 0.717) is 24.0 Å². The van der Waals surface area contributed by atoms with E-state index in [1.54, 1.807) is 6.92 Å². The number of ether oxygens (including phenoxy) is 1. The van der Waals surface area contributed by atoms with Gasteiger partial charge in [-0.3, -0.25) is 14.3 Å². The summed E-state index contributed by atoms with van der Waals surface area (Å²) in [6.07, 6.45) is 2.10. The quantitative estimate of drug-likeness (QED) is 0.807. The second kappa shape index (κ2) is 4.91. The van der Waals surface area contributed by atoms with Crippen LogP contribution < -0.4 is 11.2 Å². The summed E-state index contributed by atoms with van der Waals surface area (Å²) in [6, 6.07) is 0. The van der Waals surface area contributed by atoms with Crippen molar-refractivity contribution in [2.45, 2.75) is 32.1 Å². The van der Waals surface area contributed by atoms with Gasteiger partial charge in [0.2, 0.25) is 0 Å². The Morgan fingerprint density at radius 3 is 2.89 bits per heavy atom. The third kappa shape index (κ3) is 2.30. The van der Waals surface area contributed by atoms with Crippen LogP contribution in [0, 0.1) is 0 Å². The van der Waals surface area contributed by atoms with Crippen LogP contribution in [0.4, 0.5) is 0 Å². The van der Waals surface area contributed by atoms with Crippen LogP contribution in [0.15, 0.2) is 22.4 Å². The molecule has 0 aliphatic carbocycles. The molecule has 0 saturated carbocycles. The van der Waals surface area contributed by atoms with Crippen LogP contribution in [0.25, 0.3) is 5.57 Å². The molecule has 1 saturated heterocycles. The van der Waals surface area contributed by atoms with Gasteiger partial charge in [-0.2, -0.15) is 0 Å². The molecule has 2 heterocycles. The molecular formula is C12H16N2O4. The Kier molecular flexibility index (Phi) is 3.49. The molecule has 2 atom stereocenters. The van der Waals surface area contributed by atoms with Crippen molar-refractivity contribution >= 4 is 5.57 Å². The summed E-state index contributed by atoms with van der Waals surface area (Å²) in [5.41, 5.74) is 0.00129. The Balaban J connectivity index is 2.40. The van der Waals surface area contributed by atoms with Gasteiger partial charge in [-0.15, -0.1) is 0 Å². The molecule has 6 nitrogen and oxygen atoms in total. The lowest BCUT2D eigenvalue weighted by Gasteiger charge is -2.15. The molecule has 1 aromatic heterocycles. The van der Waals surface area contributed by atoms with E-state index in [2.05, 4.69) is 11.6 Å². The van der Waals surface area contributed by atoms with Crippen molar-refractivity contribution in [1.29, 1.82) is 0 Å². The third-order valence-electron chi connectivity index (χ3n) is 3.03. The lowest BCUT2D eigenvalue weighted by atomic mass is 10.2. The second-order valence-electron chi connectivity index (χ2n) is 4.46. The Hall–Kier alpha value is -1.66. The van der Waals surface area contributed by atoms with Crippen molar-refractivity contribution < 1.29 is 9.84 Å². The van der Waals surface area contributed by atoms with Gasteiger partial charge in [-0.25, -0.2) is 4.79 Å². The van der Waals surface area contributed by atoms with Gasteiger partial charge in [0, 0.05) is 6.20 Å². The van der Waals surface area contributed by atoms with Gasteiger partial charge in [0.05, 0.1) is 18.3 Å². The average molecular weight is 252 g/mol. The summed E-state index contributed by atoms with van der Waals surface area (Å²) >= 11 is 0. The molecule has 18 heavy (non-hydrogen) atoms. The topological polar surface area (TPSA) is 84.3 Å². The average Bonchev–Trinajstić information content (AvgIpc) is 2.77. The highest BCUT2D eigenvalue weighted by atomic mass is 16.5. The summed E-state index contributed by atoms with van der Waals surface area (Å²) in [6.45, 7) is 5.33. The van der Waals surface area contributed by atoms with E-state index >= 15 is 0 Å². The molecule has 2 N–H and O–H groups in total. The minimum atomic E-state index is -0.506. The highest BCUT2D eigenvalue weighted by Crippen LogP contribution is 2.26. The fourth-order valence-corrected chi connectivity index (χ4v) is 2.03. The number of rotatable bonds is 3. The lowest BCUT2D eigenvalue weighted by molar-refractivity contribution is -0.0246. The van der Waals surface area contributed by atoms with Crippen LogP contribution in [0.3, 0.4) is 0 Å². The Labute approximate surface area is 104 Å². The minimum Gasteiger partial charge on any atom is -0.394 e. The maximum absolute atomic E-state index is 11.7. The third-order valence-corrected chi connectivity index (χ3v) is 3.03. The first-order valence-corrected chi connectivity index (χ1v) is 5.80. The molecular weight excluding hydrogens is 236 g/mol. The summed E-state index contributed by atoms with van der Waals surface area (Å²) in [5.74, 6) is 0. The smallest absolute Gasteiger partial charge is 0.330 e. The van der Waals surface area contributed by atoms with Crippen LogP contribution in [0.5, 0.6) is 0 Å². The molecule has 0 aromatic carbocycles. The van der Waals surface area contributed by atoms with E-state index in [1.165, 1.54) is 10.8 Å². The Morgan fingerprint density at radius 1 is 1.61 bits per heavy atom. The number of nitrogens with one attached hydrogen (secondary N) is 1. The number of hydrogen-bond donors (Lipinski definition) is 2. The molecule has 1 aliphatic heterocycles. The normalized spacial score (nSPS) is 23.2. The number of aliphatic hydroxyl groups is 1. The van der Waals surface area contributed by atoms with Crippen molar-refractivity contribution in [3.05, 3.63) is 39.2 Å². The lowest BCUT2D eigenvalue weighted by Crippen LogP contribution is -2.34. The van der Waals surface area contributed by atoms with Crippen LogP contribution in [0.2, 0.25) is 0 Å². The fraction of sp³-hybridized carbons (Fsp3) is 0.500. The zero-order valence-electron chi connectivity index (χ0n) is 10.2. The highest BCUT2D eigenvalue weighted by Gasteiger charge is 2.27. The van der Waals surface area contributed by atoms with Crippen molar-refractivity contribution in [1.82, 2.24) is 9.55 Å². The number of aromatic nitrogens is 2. The number of aliphatic hydroxyl groups excluding tert-OH is 1. The number of H-pyrrole nitrogens is 1. The summed E-state index contributed by atoms with van der Waals surface area (Å²) < 4.78 is 6.86. The molecule has 2 rings (SSSR count). The van der Waals surface area contributed by atoms with Crippen LogP contribution in [0.1, 0.15) is 31.6 Å². The SMILES string of the molecule is C=C(C)c1cn([C@H]2CCC(CO)O2)c(=O)[nH]c1=O.